The molecule has 0 aliphatic heterocycles. The predicted molar refractivity (Wildman–Crippen MR) is 368 cm³/mol. The molecule has 2 unspecified atom stereocenters. The molecule has 0 rings (SSSR count). The Morgan fingerprint density at radius 3 is 0.747 bits per heavy atom. The molecular weight excluding hydrogens is 1200 g/mol. The second-order valence-electron chi connectivity index (χ2n) is 26.5. The Hall–Kier alpha value is -1.94. The number of ether oxygens (including phenoxy) is 4. The number of hydrogen-bond donors (Lipinski definition) is 3. The highest BCUT2D eigenvalue weighted by Crippen LogP contribution is 2.45. The normalized spacial score (nSPS) is 14.0. The molecule has 0 bridgehead atoms. The Bertz CT molecular complexity index is 1750. The van der Waals surface area contributed by atoms with Crippen molar-refractivity contribution in [2.75, 3.05) is 39.6 Å². The number of phosphoric acid groups is 2. The first-order valence-electron chi connectivity index (χ1n) is 37.6. The van der Waals surface area contributed by atoms with E-state index in [9.17, 15) is 43.2 Å². The van der Waals surface area contributed by atoms with Gasteiger partial charge < -0.3 is 33.8 Å². The third kappa shape index (κ3) is 66.5. The number of unbranched alkanes of at least 4 members (excludes halogenated alkanes) is 44. The number of phosphoric ester groups is 2. The first-order chi connectivity index (χ1) is 44.0. The van der Waals surface area contributed by atoms with Crippen molar-refractivity contribution in [3.8, 4) is 0 Å². The van der Waals surface area contributed by atoms with E-state index in [0.717, 1.165) is 96.3 Å². The zero-order chi connectivity index (χ0) is 67.0. The van der Waals surface area contributed by atoms with Crippen molar-refractivity contribution in [2.45, 2.75) is 393 Å². The minimum Gasteiger partial charge on any atom is -0.462 e. The summed E-state index contributed by atoms with van der Waals surface area (Å²) >= 11 is 0. The molecule has 0 aliphatic carbocycles. The van der Waals surface area contributed by atoms with Gasteiger partial charge in [-0.2, -0.15) is 0 Å². The van der Waals surface area contributed by atoms with E-state index < -0.39 is 97.5 Å². The van der Waals surface area contributed by atoms with Crippen molar-refractivity contribution < 1.29 is 80.2 Å². The van der Waals surface area contributed by atoms with Gasteiger partial charge in [-0.15, -0.1) is 0 Å². The van der Waals surface area contributed by atoms with E-state index in [4.69, 9.17) is 37.0 Å². The van der Waals surface area contributed by atoms with Crippen LogP contribution in [0.2, 0.25) is 0 Å². The van der Waals surface area contributed by atoms with Crippen LogP contribution < -0.4 is 0 Å². The van der Waals surface area contributed by atoms with Crippen molar-refractivity contribution in [3.05, 3.63) is 0 Å². The quantitative estimate of drug-likeness (QED) is 0.0222. The summed E-state index contributed by atoms with van der Waals surface area (Å²) < 4.78 is 68.1. The average molecular weight is 1340 g/mol. The molecule has 0 aromatic rings. The van der Waals surface area contributed by atoms with Gasteiger partial charge in [-0.05, 0) is 31.6 Å². The maximum absolute atomic E-state index is 13.1. The first kappa shape index (κ1) is 89.1. The van der Waals surface area contributed by atoms with Crippen molar-refractivity contribution in [2.24, 2.45) is 5.92 Å². The summed E-state index contributed by atoms with van der Waals surface area (Å²) in [6, 6.07) is 0. The standard InChI is InChI=1S/C72H140O17P2/c1-6-9-12-15-17-19-21-23-25-27-29-31-33-35-37-39-41-47-52-57-71(76)88-68(62-83-70(75)56-51-46-40-38-36-34-32-30-28-26-24-22-20-18-16-13-10-7-2)64-87-91(80,81)85-60-66(73)59-84-90(78,79)86-63-67(61-82-69(74)55-50-44-14-11-8-3)89-72(77)58-53-48-43-42-45-49-54-65(4)5/h65-68,73H,6-64H2,1-5H3,(H,78,79)(H,80,81)/t66-,67+,68+/m0/s1. The molecule has 0 fully saturated rings. The maximum Gasteiger partial charge on any atom is 0.472 e. The number of hydrogen-bond acceptors (Lipinski definition) is 15. The molecule has 0 heterocycles. The number of carbonyl (C=O) groups excluding carboxylic acids is 4. The Balaban J connectivity index is 5.12. The minimum atomic E-state index is -4.95. The predicted octanol–water partition coefficient (Wildman–Crippen LogP) is 20.9. The van der Waals surface area contributed by atoms with E-state index in [1.807, 2.05) is 0 Å². The van der Waals surface area contributed by atoms with Crippen molar-refractivity contribution in [1.82, 2.24) is 0 Å². The van der Waals surface area contributed by atoms with Gasteiger partial charge in [0.2, 0.25) is 0 Å². The highest BCUT2D eigenvalue weighted by molar-refractivity contribution is 7.47. The van der Waals surface area contributed by atoms with Crippen LogP contribution in [0.3, 0.4) is 0 Å². The third-order valence-corrected chi connectivity index (χ3v) is 18.7. The summed E-state index contributed by atoms with van der Waals surface area (Å²) in [6.45, 7) is 7.07. The van der Waals surface area contributed by atoms with Crippen LogP contribution in [0.15, 0.2) is 0 Å². The zero-order valence-corrected chi connectivity index (χ0v) is 60.8. The van der Waals surface area contributed by atoms with Crippen LogP contribution in [-0.4, -0.2) is 96.7 Å². The molecular formula is C72H140O17P2. The van der Waals surface area contributed by atoms with Crippen LogP contribution in [0.4, 0.5) is 0 Å². The van der Waals surface area contributed by atoms with E-state index >= 15 is 0 Å². The summed E-state index contributed by atoms with van der Waals surface area (Å²) in [5, 5.41) is 10.6. The average Bonchev–Trinajstić information content (AvgIpc) is 3.29. The number of aliphatic hydroxyl groups is 1. The fourth-order valence-corrected chi connectivity index (χ4v) is 12.6. The monoisotopic (exact) mass is 1340 g/mol. The Morgan fingerprint density at radius 1 is 0.297 bits per heavy atom. The highest BCUT2D eigenvalue weighted by Gasteiger charge is 2.30. The van der Waals surface area contributed by atoms with E-state index in [-0.39, 0.29) is 25.7 Å². The number of aliphatic hydroxyl groups excluding tert-OH is 1. The highest BCUT2D eigenvalue weighted by atomic mass is 31.2. The van der Waals surface area contributed by atoms with Crippen LogP contribution in [0.25, 0.3) is 0 Å². The van der Waals surface area contributed by atoms with Crippen LogP contribution in [0.5, 0.6) is 0 Å². The SMILES string of the molecule is CCCCCCCCCCCCCCCCCCCCCC(=O)O[C@H](COC(=O)CCCCCCCCCCCCCCCCCCCC)COP(=O)(O)OC[C@@H](O)COP(=O)(O)OC[C@@H](COC(=O)CCCCCCC)OC(=O)CCCCCCCCC(C)C. The lowest BCUT2D eigenvalue weighted by atomic mass is 10.0. The van der Waals surface area contributed by atoms with Crippen LogP contribution >= 0.6 is 15.6 Å². The summed E-state index contributed by atoms with van der Waals surface area (Å²) in [6.07, 6.45) is 53.5. The van der Waals surface area contributed by atoms with Gasteiger partial charge in [-0.1, -0.05) is 324 Å². The molecule has 17 nitrogen and oxygen atoms in total. The van der Waals surface area contributed by atoms with Crippen molar-refractivity contribution in [1.29, 1.82) is 0 Å². The van der Waals surface area contributed by atoms with Crippen molar-refractivity contribution >= 4 is 39.5 Å². The lowest BCUT2D eigenvalue weighted by molar-refractivity contribution is -0.161. The van der Waals surface area contributed by atoms with E-state index in [1.165, 1.54) is 193 Å². The van der Waals surface area contributed by atoms with Gasteiger partial charge in [-0.25, -0.2) is 9.13 Å². The van der Waals surface area contributed by atoms with Crippen LogP contribution in [0, 0.1) is 5.92 Å². The smallest absolute Gasteiger partial charge is 0.462 e. The second-order valence-corrected chi connectivity index (χ2v) is 29.4. The van der Waals surface area contributed by atoms with Gasteiger partial charge in [0.25, 0.3) is 0 Å². The lowest BCUT2D eigenvalue weighted by Gasteiger charge is -2.21. The summed E-state index contributed by atoms with van der Waals surface area (Å²) in [4.78, 5) is 72.3. The molecule has 540 valence electrons. The topological polar surface area (TPSA) is 237 Å². The Labute approximate surface area is 556 Å². The molecule has 0 saturated carbocycles. The Kier molecular flexibility index (Phi) is 64.0. The summed E-state index contributed by atoms with van der Waals surface area (Å²) in [5.41, 5.74) is 0. The molecule has 0 aliphatic rings. The number of esters is 4. The lowest BCUT2D eigenvalue weighted by Crippen LogP contribution is -2.30. The van der Waals surface area contributed by atoms with Gasteiger partial charge >= 0.3 is 39.5 Å². The molecule has 19 heteroatoms. The van der Waals surface area contributed by atoms with Crippen LogP contribution in [-0.2, 0) is 65.4 Å². The summed E-state index contributed by atoms with van der Waals surface area (Å²) in [7, 11) is -9.89. The van der Waals surface area contributed by atoms with Gasteiger partial charge in [0.05, 0.1) is 26.4 Å². The fourth-order valence-electron chi connectivity index (χ4n) is 11.0. The summed E-state index contributed by atoms with van der Waals surface area (Å²) in [5.74, 6) is -1.47. The molecule has 0 amide bonds. The van der Waals surface area contributed by atoms with Crippen LogP contribution in [0.1, 0.15) is 375 Å². The minimum absolute atomic E-state index is 0.102. The molecule has 0 saturated heterocycles. The number of rotatable bonds is 72. The largest absolute Gasteiger partial charge is 0.472 e. The first-order valence-corrected chi connectivity index (χ1v) is 40.6. The third-order valence-electron chi connectivity index (χ3n) is 16.8. The maximum atomic E-state index is 13.1. The van der Waals surface area contributed by atoms with E-state index in [2.05, 4.69) is 34.6 Å². The Morgan fingerprint density at radius 2 is 0.505 bits per heavy atom. The van der Waals surface area contributed by atoms with E-state index in [0.29, 0.717) is 31.6 Å². The second kappa shape index (κ2) is 65.4. The fraction of sp³-hybridized carbons (Fsp3) is 0.944. The molecule has 0 aromatic carbocycles. The molecule has 0 aromatic heterocycles. The zero-order valence-electron chi connectivity index (χ0n) is 59.0. The van der Waals surface area contributed by atoms with Gasteiger partial charge in [-0.3, -0.25) is 37.3 Å². The number of carbonyl (C=O) groups is 4. The van der Waals surface area contributed by atoms with Crippen molar-refractivity contribution in [3.63, 3.8) is 0 Å². The van der Waals surface area contributed by atoms with Gasteiger partial charge in [0, 0.05) is 25.7 Å². The van der Waals surface area contributed by atoms with E-state index in [1.54, 1.807) is 0 Å². The van der Waals surface area contributed by atoms with Gasteiger partial charge in [0.1, 0.15) is 19.3 Å². The molecule has 3 N–H and O–H groups in total. The molecule has 0 radical (unpaired) electrons. The molecule has 0 spiro atoms. The van der Waals surface area contributed by atoms with Gasteiger partial charge in [0.15, 0.2) is 12.2 Å². The molecule has 91 heavy (non-hydrogen) atoms. The molecule has 5 atom stereocenters.